The topological polar surface area (TPSA) is 204 Å². The molecule has 20 heteroatoms. The number of likely N-dealkylation sites (N-methyl/N-ethyl adjacent to an activating group) is 1. The summed E-state index contributed by atoms with van der Waals surface area (Å²) in [4.78, 5) is 64.7. The van der Waals surface area contributed by atoms with E-state index in [0.717, 1.165) is 41.6 Å². The molecule has 3 aromatic heterocycles. The first-order valence-corrected chi connectivity index (χ1v) is 14.1. The average Bonchev–Trinajstić information content (AvgIpc) is 3.73. The number of nitrogens with zero attached hydrogens (tertiary/aromatic N) is 5. The van der Waals surface area contributed by atoms with Crippen LogP contribution in [0.15, 0.2) is 53.7 Å². The van der Waals surface area contributed by atoms with Gasteiger partial charge in [-0.3, -0.25) is 19.6 Å². The number of unbranched alkanes of at least 4 members (excludes halogenated alkanes) is 2. The van der Waals surface area contributed by atoms with Crippen LogP contribution in [-0.4, -0.2) is 96.7 Å². The Morgan fingerprint density at radius 1 is 0.878 bits per heavy atom. The molecule has 4 N–H and O–H groups in total. The molecule has 4 aromatic rings. The number of ketones is 1. The van der Waals surface area contributed by atoms with Crippen molar-refractivity contribution in [3.8, 4) is 11.3 Å². The van der Waals surface area contributed by atoms with Crippen molar-refractivity contribution in [1.82, 2.24) is 35.1 Å². The van der Waals surface area contributed by atoms with Crippen molar-refractivity contribution in [2.45, 2.75) is 50.5 Å². The number of amides is 1. The number of carbonyl (C=O) groups is 4. The summed E-state index contributed by atoms with van der Waals surface area (Å²) in [5.41, 5.74) is 3.42. The molecule has 266 valence electrons. The minimum atomic E-state index is -5.08. The van der Waals surface area contributed by atoms with Crippen LogP contribution in [0, 0.1) is 0 Å². The van der Waals surface area contributed by atoms with E-state index in [-0.39, 0.29) is 30.2 Å². The summed E-state index contributed by atoms with van der Waals surface area (Å²) in [7, 11) is 3.71. The summed E-state index contributed by atoms with van der Waals surface area (Å²) in [6.07, 6.45) is 1.27. The average molecular weight is 704 g/mol. The molecule has 0 saturated carbocycles. The number of benzene rings is 1. The first-order chi connectivity index (χ1) is 22.9. The highest BCUT2D eigenvalue weighted by molar-refractivity contribution is 5.91. The summed E-state index contributed by atoms with van der Waals surface area (Å²) in [6, 6.07) is 5.59. The van der Waals surface area contributed by atoms with E-state index in [1.54, 1.807) is 18.6 Å². The SMILES string of the molecule is CN(C)CC(=O)NC(CCCCCC(=O)c1ncco1)c1ncc(-c2ccc3nccnc3c2)[nH]1.O=C(O)C(F)(F)F.O=C(O)C(F)(F)F. The molecule has 0 radical (unpaired) electrons. The van der Waals surface area contributed by atoms with Gasteiger partial charge in [0.25, 0.3) is 5.89 Å². The fourth-order valence-electron chi connectivity index (χ4n) is 3.87. The van der Waals surface area contributed by atoms with Gasteiger partial charge < -0.3 is 29.8 Å². The van der Waals surface area contributed by atoms with Gasteiger partial charge in [0.15, 0.2) is 0 Å². The van der Waals surface area contributed by atoms with Gasteiger partial charge in [-0.1, -0.05) is 18.9 Å². The summed E-state index contributed by atoms with van der Waals surface area (Å²) in [6.45, 7) is 0.290. The molecule has 0 aliphatic heterocycles. The van der Waals surface area contributed by atoms with Crippen LogP contribution in [-0.2, 0) is 14.4 Å². The number of fused-ring (bicyclic) bond motifs is 1. The van der Waals surface area contributed by atoms with Gasteiger partial charge in [-0.15, -0.1) is 0 Å². The van der Waals surface area contributed by atoms with Crippen LogP contribution in [0.1, 0.15) is 54.7 Å². The van der Waals surface area contributed by atoms with Crippen LogP contribution in [0.4, 0.5) is 26.3 Å². The minimum Gasteiger partial charge on any atom is -0.475 e. The molecule has 3 heterocycles. The molecule has 0 fully saturated rings. The fourth-order valence-corrected chi connectivity index (χ4v) is 3.87. The molecule has 0 aliphatic rings. The number of carboxylic acids is 2. The van der Waals surface area contributed by atoms with E-state index in [1.165, 1.54) is 12.5 Å². The number of Topliss-reactive ketones (excluding diaryl/α,β-unsaturated/α-hetero) is 1. The highest BCUT2D eigenvalue weighted by Gasteiger charge is 2.38. The molecule has 0 bridgehead atoms. The summed E-state index contributed by atoms with van der Waals surface area (Å²) < 4.78 is 68.5. The van der Waals surface area contributed by atoms with E-state index >= 15 is 0 Å². The maximum Gasteiger partial charge on any atom is 0.490 e. The lowest BCUT2D eigenvalue weighted by atomic mass is 10.1. The number of halogens is 6. The van der Waals surface area contributed by atoms with Crippen LogP contribution in [0.3, 0.4) is 0 Å². The Hall–Kier alpha value is -5.40. The minimum absolute atomic E-state index is 0.0713. The lowest BCUT2D eigenvalue weighted by Crippen LogP contribution is -2.36. The molecule has 1 amide bonds. The van der Waals surface area contributed by atoms with Crippen molar-refractivity contribution >= 4 is 34.7 Å². The van der Waals surface area contributed by atoms with Gasteiger partial charge in [0.1, 0.15) is 12.1 Å². The number of hydrogen-bond acceptors (Lipinski definition) is 10. The number of imidazole rings is 1. The number of alkyl halides is 6. The molecule has 0 spiro atoms. The summed E-state index contributed by atoms with van der Waals surface area (Å²) in [5.74, 6) is -4.83. The predicted octanol–water partition coefficient (Wildman–Crippen LogP) is 4.83. The molecule has 0 aliphatic carbocycles. The van der Waals surface area contributed by atoms with Crippen molar-refractivity contribution in [3.63, 3.8) is 0 Å². The number of H-pyrrole nitrogens is 1. The van der Waals surface area contributed by atoms with Gasteiger partial charge >= 0.3 is 24.3 Å². The molecular formula is C29H31F6N7O7. The second kappa shape index (κ2) is 18.2. The molecule has 1 atom stereocenters. The fraction of sp³-hybridized carbons (Fsp3) is 0.379. The third kappa shape index (κ3) is 14.1. The highest BCUT2D eigenvalue weighted by Crippen LogP contribution is 2.25. The Bertz CT molecular complexity index is 1650. The predicted molar refractivity (Wildman–Crippen MR) is 158 cm³/mol. The molecular weight excluding hydrogens is 672 g/mol. The number of aliphatic carboxylic acids is 2. The Balaban J connectivity index is 0.000000500. The number of hydrogen-bond donors (Lipinski definition) is 4. The van der Waals surface area contributed by atoms with Gasteiger partial charge in [0.05, 0.1) is 41.7 Å². The number of aromatic amines is 1. The Labute approximate surface area is 273 Å². The maximum absolute atomic E-state index is 12.5. The van der Waals surface area contributed by atoms with Crippen molar-refractivity contribution in [2.75, 3.05) is 20.6 Å². The summed E-state index contributed by atoms with van der Waals surface area (Å²) in [5, 5.41) is 17.3. The third-order valence-corrected chi connectivity index (χ3v) is 6.05. The summed E-state index contributed by atoms with van der Waals surface area (Å²) >= 11 is 0. The van der Waals surface area contributed by atoms with Gasteiger partial charge in [0, 0.05) is 24.4 Å². The van der Waals surface area contributed by atoms with Crippen molar-refractivity contribution in [2.24, 2.45) is 0 Å². The second-order valence-electron chi connectivity index (χ2n) is 10.3. The van der Waals surface area contributed by atoms with E-state index in [0.29, 0.717) is 18.7 Å². The zero-order valence-electron chi connectivity index (χ0n) is 25.9. The zero-order valence-corrected chi connectivity index (χ0v) is 25.9. The highest BCUT2D eigenvalue weighted by atomic mass is 19.4. The number of rotatable bonds is 12. The van der Waals surface area contributed by atoms with Crippen LogP contribution in [0.25, 0.3) is 22.3 Å². The Morgan fingerprint density at radius 3 is 2.04 bits per heavy atom. The quantitative estimate of drug-likeness (QED) is 0.0890. The van der Waals surface area contributed by atoms with Crippen molar-refractivity contribution in [3.05, 3.63) is 61.0 Å². The molecule has 49 heavy (non-hydrogen) atoms. The monoisotopic (exact) mass is 703 g/mol. The van der Waals surface area contributed by atoms with Crippen molar-refractivity contribution in [1.29, 1.82) is 0 Å². The second-order valence-corrected chi connectivity index (χ2v) is 10.3. The smallest absolute Gasteiger partial charge is 0.475 e. The molecule has 1 unspecified atom stereocenters. The first kappa shape index (κ1) is 39.8. The molecule has 0 saturated heterocycles. The Kier molecular flexibility index (Phi) is 14.8. The zero-order chi connectivity index (χ0) is 36.8. The number of nitrogens with one attached hydrogen (secondary N) is 2. The van der Waals surface area contributed by atoms with E-state index in [1.807, 2.05) is 37.2 Å². The number of carbonyl (C=O) groups excluding carboxylic acids is 2. The van der Waals surface area contributed by atoms with Crippen LogP contribution >= 0.6 is 0 Å². The Morgan fingerprint density at radius 2 is 1.49 bits per heavy atom. The maximum atomic E-state index is 12.5. The normalized spacial score (nSPS) is 11.9. The van der Waals surface area contributed by atoms with Crippen LogP contribution < -0.4 is 5.32 Å². The lowest BCUT2D eigenvalue weighted by molar-refractivity contribution is -0.193. The van der Waals surface area contributed by atoms with E-state index in [9.17, 15) is 35.9 Å². The number of oxazole rings is 1. The van der Waals surface area contributed by atoms with E-state index in [2.05, 4.69) is 30.2 Å². The van der Waals surface area contributed by atoms with Crippen LogP contribution in [0.5, 0.6) is 0 Å². The number of aromatic nitrogens is 5. The first-order valence-electron chi connectivity index (χ1n) is 14.1. The van der Waals surface area contributed by atoms with Gasteiger partial charge in [0.2, 0.25) is 11.7 Å². The van der Waals surface area contributed by atoms with Gasteiger partial charge in [-0.2, -0.15) is 26.3 Å². The molecule has 1 aromatic carbocycles. The third-order valence-electron chi connectivity index (χ3n) is 6.05. The van der Waals surface area contributed by atoms with Gasteiger partial charge in [-0.05, 0) is 39.1 Å². The largest absolute Gasteiger partial charge is 0.490 e. The lowest BCUT2D eigenvalue weighted by Gasteiger charge is -2.18. The molecule has 4 rings (SSSR count). The van der Waals surface area contributed by atoms with E-state index < -0.39 is 24.3 Å². The molecule has 14 nitrogen and oxygen atoms in total. The van der Waals surface area contributed by atoms with E-state index in [4.69, 9.17) is 24.2 Å². The van der Waals surface area contributed by atoms with Crippen molar-refractivity contribution < 1.29 is 60.2 Å². The van der Waals surface area contributed by atoms with Crippen LogP contribution in [0.2, 0.25) is 0 Å². The van der Waals surface area contributed by atoms with Gasteiger partial charge in [-0.25, -0.2) is 19.6 Å². The standard InChI is InChI=1S/C25H29N7O3.2C2HF3O2/c1-32(2)16-23(34)30-19(6-4-3-5-7-22(33)25-28-12-13-35-25)24-29-15-21(31-24)17-8-9-18-20(14-17)27-11-10-26-18;2*3-2(4,5)1(6)7/h8-15,19H,3-7,16H2,1-2H3,(H,29,31)(H,30,34);2*(H,6,7). The number of carboxylic acid groups (broad SMARTS) is 2.